The normalized spacial score (nSPS) is 12.5. The van der Waals surface area contributed by atoms with Crippen molar-refractivity contribution in [3.8, 4) is 44.5 Å². The minimum Gasteiger partial charge on any atom is -0.311 e. The van der Waals surface area contributed by atoms with E-state index >= 15 is 0 Å². The third kappa shape index (κ3) is 5.51. The predicted molar refractivity (Wildman–Crippen MR) is 242 cm³/mol. The largest absolute Gasteiger partial charge is 0.311 e. The van der Waals surface area contributed by atoms with Crippen LogP contribution >= 0.6 is 0 Å². The summed E-state index contributed by atoms with van der Waals surface area (Å²) in [5.74, 6) is 0. The SMILES string of the molecule is c1ccc(-c2cccc(N3c4ccccc4B4c5ccccc5N(c5cc(-c6ccccc6)c(-c6ccccc6)c(-c6ccccc6)c5)c5cccc3c54)c2)cc1. The van der Waals surface area contributed by atoms with E-state index in [1.165, 1.54) is 83.6 Å². The molecule has 0 atom stereocenters. The zero-order valence-corrected chi connectivity index (χ0v) is 31.3. The van der Waals surface area contributed by atoms with E-state index in [4.69, 9.17) is 0 Å². The Balaban J connectivity index is 1.19. The molecular weight excluding hydrogens is 687 g/mol. The van der Waals surface area contributed by atoms with E-state index in [2.05, 4.69) is 234 Å². The van der Waals surface area contributed by atoms with Crippen LogP contribution in [-0.2, 0) is 0 Å². The van der Waals surface area contributed by atoms with Crippen molar-refractivity contribution >= 4 is 57.2 Å². The quantitative estimate of drug-likeness (QED) is 0.158. The minimum absolute atomic E-state index is 0.0687. The van der Waals surface area contributed by atoms with Crippen molar-refractivity contribution in [2.24, 2.45) is 0 Å². The molecule has 57 heavy (non-hydrogen) atoms. The summed E-state index contributed by atoms with van der Waals surface area (Å²) in [5.41, 5.74) is 20.6. The Morgan fingerprint density at radius 2 is 0.684 bits per heavy atom. The summed E-state index contributed by atoms with van der Waals surface area (Å²) < 4.78 is 0. The van der Waals surface area contributed by atoms with E-state index in [0.29, 0.717) is 0 Å². The third-order valence-electron chi connectivity index (χ3n) is 11.6. The molecule has 9 aromatic rings. The second-order valence-corrected chi connectivity index (χ2v) is 14.9. The molecule has 2 nitrogen and oxygen atoms in total. The topological polar surface area (TPSA) is 6.48 Å². The van der Waals surface area contributed by atoms with Gasteiger partial charge in [0.05, 0.1) is 0 Å². The van der Waals surface area contributed by atoms with Crippen molar-refractivity contribution in [1.29, 1.82) is 0 Å². The van der Waals surface area contributed by atoms with Gasteiger partial charge in [-0.25, -0.2) is 0 Å². The average molecular weight is 725 g/mol. The van der Waals surface area contributed by atoms with E-state index in [1.54, 1.807) is 0 Å². The van der Waals surface area contributed by atoms with Gasteiger partial charge < -0.3 is 9.80 Å². The van der Waals surface area contributed by atoms with Crippen LogP contribution in [0.15, 0.2) is 224 Å². The number of fused-ring (bicyclic) bond motifs is 4. The van der Waals surface area contributed by atoms with Gasteiger partial charge in [0, 0.05) is 34.1 Å². The first-order valence-corrected chi connectivity index (χ1v) is 19.7. The Morgan fingerprint density at radius 3 is 1.23 bits per heavy atom. The number of hydrogen-bond acceptors (Lipinski definition) is 2. The zero-order valence-electron chi connectivity index (χ0n) is 31.3. The van der Waals surface area contributed by atoms with Crippen molar-refractivity contribution in [3.63, 3.8) is 0 Å². The van der Waals surface area contributed by atoms with Crippen LogP contribution in [0, 0.1) is 0 Å². The lowest BCUT2D eigenvalue weighted by Gasteiger charge is -2.44. The summed E-state index contributed by atoms with van der Waals surface area (Å²) in [6.07, 6.45) is 0. The standard InChI is InChI=1S/C54H37BN2/c1-5-19-38(20-6-1)42-27-17-28-43(35-42)56-49-31-15-13-29-47(49)55-48-30-14-16-32-50(48)57(52-34-18-33-51(56)54(52)55)44-36-45(39-21-7-2-8-22-39)53(41-25-11-4-12-26-41)46(37-44)40-23-9-3-10-24-40/h1-37H. The fourth-order valence-electron chi connectivity index (χ4n) is 9.21. The van der Waals surface area contributed by atoms with E-state index in [9.17, 15) is 0 Å². The Bertz CT molecular complexity index is 2850. The highest BCUT2D eigenvalue weighted by molar-refractivity contribution is 7.00. The summed E-state index contributed by atoms with van der Waals surface area (Å²) in [6.45, 7) is 0.0687. The second kappa shape index (κ2) is 13.7. The van der Waals surface area contributed by atoms with Gasteiger partial charge in [-0.3, -0.25) is 0 Å². The molecule has 2 aliphatic rings. The fraction of sp³-hybridized carbons (Fsp3) is 0. The summed E-state index contributed by atoms with van der Waals surface area (Å²) in [6, 6.07) is 82.0. The molecule has 0 aromatic heterocycles. The highest BCUT2D eigenvalue weighted by Crippen LogP contribution is 2.48. The lowest BCUT2D eigenvalue weighted by molar-refractivity contribution is 1.25. The number of rotatable bonds is 6. The summed E-state index contributed by atoms with van der Waals surface area (Å²) in [5, 5.41) is 0. The maximum atomic E-state index is 2.52. The first-order chi connectivity index (χ1) is 28.3. The molecule has 0 radical (unpaired) electrons. The first-order valence-electron chi connectivity index (χ1n) is 19.7. The van der Waals surface area contributed by atoms with Gasteiger partial charge in [-0.1, -0.05) is 176 Å². The predicted octanol–water partition coefficient (Wildman–Crippen LogP) is 12.4. The Kier molecular flexibility index (Phi) is 7.96. The first kappa shape index (κ1) is 33.0. The molecule has 266 valence electrons. The molecule has 0 bridgehead atoms. The molecule has 0 spiro atoms. The van der Waals surface area contributed by atoms with Crippen LogP contribution < -0.4 is 26.2 Å². The van der Waals surface area contributed by atoms with E-state index in [-0.39, 0.29) is 6.71 Å². The summed E-state index contributed by atoms with van der Waals surface area (Å²) in [4.78, 5) is 5.00. The second-order valence-electron chi connectivity index (χ2n) is 14.9. The summed E-state index contributed by atoms with van der Waals surface area (Å²) in [7, 11) is 0. The van der Waals surface area contributed by atoms with Crippen LogP contribution in [-0.4, -0.2) is 6.71 Å². The minimum atomic E-state index is 0.0687. The van der Waals surface area contributed by atoms with Crippen molar-refractivity contribution < 1.29 is 0 Å². The van der Waals surface area contributed by atoms with Crippen LogP contribution in [0.3, 0.4) is 0 Å². The summed E-state index contributed by atoms with van der Waals surface area (Å²) >= 11 is 0. The van der Waals surface area contributed by atoms with Crippen LogP contribution in [0.2, 0.25) is 0 Å². The molecule has 2 aliphatic heterocycles. The molecular formula is C54H37BN2. The van der Waals surface area contributed by atoms with Gasteiger partial charge in [-0.15, -0.1) is 0 Å². The molecule has 0 saturated heterocycles. The van der Waals surface area contributed by atoms with Gasteiger partial charge in [0.25, 0.3) is 6.71 Å². The van der Waals surface area contributed by atoms with Crippen LogP contribution in [0.5, 0.6) is 0 Å². The number of nitrogens with zero attached hydrogens (tertiary/aromatic N) is 2. The van der Waals surface area contributed by atoms with Gasteiger partial charge in [-0.05, 0) is 109 Å². The molecule has 0 amide bonds. The number of benzene rings is 9. The van der Waals surface area contributed by atoms with E-state index < -0.39 is 0 Å². The van der Waals surface area contributed by atoms with Gasteiger partial charge in [0.2, 0.25) is 0 Å². The van der Waals surface area contributed by atoms with Gasteiger partial charge >= 0.3 is 0 Å². The lowest BCUT2D eigenvalue weighted by Crippen LogP contribution is -2.61. The van der Waals surface area contributed by atoms with Gasteiger partial charge in [0.15, 0.2) is 0 Å². The van der Waals surface area contributed by atoms with Gasteiger partial charge in [-0.2, -0.15) is 0 Å². The monoisotopic (exact) mass is 724 g/mol. The number of hydrogen-bond donors (Lipinski definition) is 0. The maximum absolute atomic E-state index is 2.52. The van der Waals surface area contributed by atoms with Crippen LogP contribution in [0.25, 0.3) is 44.5 Å². The molecule has 9 aromatic carbocycles. The highest BCUT2D eigenvalue weighted by Gasteiger charge is 2.43. The van der Waals surface area contributed by atoms with Crippen LogP contribution in [0.4, 0.5) is 34.1 Å². The molecule has 2 heterocycles. The molecule has 0 N–H and O–H groups in total. The fourth-order valence-corrected chi connectivity index (χ4v) is 9.21. The van der Waals surface area contributed by atoms with Crippen molar-refractivity contribution in [2.75, 3.05) is 9.80 Å². The van der Waals surface area contributed by atoms with Crippen molar-refractivity contribution in [3.05, 3.63) is 224 Å². The Morgan fingerprint density at radius 1 is 0.281 bits per heavy atom. The molecule has 11 rings (SSSR count). The van der Waals surface area contributed by atoms with Crippen molar-refractivity contribution in [1.82, 2.24) is 0 Å². The molecule has 0 aliphatic carbocycles. The molecule has 0 saturated carbocycles. The number of anilines is 6. The third-order valence-corrected chi connectivity index (χ3v) is 11.6. The number of para-hydroxylation sites is 2. The molecule has 3 heteroatoms. The Labute approximate surface area is 334 Å². The molecule has 0 fully saturated rings. The highest BCUT2D eigenvalue weighted by atomic mass is 15.2. The van der Waals surface area contributed by atoms with Crippen LogP contribution in [0.1, 0.15) is 0 Å². The zero-order chi connectivity index (χ0) is 37.7. The van der Waals surface area contributed by atoms with E-state index in [0.717, 1.165) is 11.4 Å². The smallest absolute Gasteiger partial charge is 0.252 e. The molecule has 0 unspecified atom stereocenters. The van der Waals surface area contributed by atoms with Crippen molar-refractivity contribution in [2.45, 2.75) is 0 Å². The maximum Gasteiger partial charge on any atom is 0.252 e. The van der Waals surface area contributed by atoms with Gasteiger partial charge in [0.1, 0.15) is 0 Å². The van der Waals surface area contributed by atoms with E-state index in [1.807, 2.05) is 0 Å². The lowest BCUT2D eigenvalue weighted by atomic mass is 9.33. The average Bonchev–Trinajstić information content (AvgIpc) is 3.29. The Hall–Kier alpha value is -7.36.